The number of carbonyl (C=O) groups is 2. The molecule has 7 heteroatoms. The summed E-state index contributed by atoms with van der Waals surface area (Å²) >= 11 is 0. The molecule has 2 aliphatic heterocycles. The normalized spacial score (nSPS) is 34.0. The fourth-order valence-electron chi connectivity index (χ4n) is 5.74. The third kappa shape index (κ3) is 2.48. The number of rotatable bonds is 2. The van der Waals surface area contributed by atoms with E-state index in [1.807, 2.05) is 12.1 Å². The molecule has 2 bridgehead atoms. The molecule has 0 aromatic heterocycles. The minimum atomic E-state index is -0.439. The first-order valence-electron chi connectivity index (χ1n) is 9.49. The first-order valence-corrected chi connectivity index (χ1v) is 9.49. The number of hydrogen-bond donors (Lipinski definition) is 0. The molecule has 150 valence electrons. The van der Waals surface area contributed by atoms with Crippen LogP contribution in [0.2, 0.25) is 0 Å². The van der Waals surface area contributed by atoms with Crippen molar-refractivity contribution in [3.05, 3.63) is 35.4 Å². The molecule has 1 fully saturated rings. The van der Waals surface area contributed by atoms with Gasteiger partial charge < -0.3 is 19.1 Å². The van der Waals surface area contributed by atoms with Gasteiger partial charge in [-0.3, -0.25) is 9.59 Å². The molecule has 1 spiro atoms. The number of piperidine rings is 1. The highest BCUT2D eigenvalue weighted by Gasteiger charge is 2.65. The average Bonchev–Trinajstić information content (AvgIpc) is 2.95. The molecule has 6 nitrogen and oxygen atoms in total. The summed E-state index contributed by atoms with van der Waals surface area (Å²) in [5.74, 6) is 0.712. The molecule has 1 aromatic rings. The highest BCUT2D eigenvalue weighted by Crippen LogP contribution is 2.62. The van der Waals surface area contributed by atoms with Crippen molar-refractivity contribution in [1.82, 2.24) is 4.90 Å². The van der Waals surface area contributed by atoms with Gasteiger partial charge in [0.2, 0.25) is 0 Å². The quantitative estimate of drug-likeness (QED) is 0.392. The summed E-state index contributed by atoms with van der Waals surface area (Å²) in [6.45, 7) is 3.77. The van der Waals surface area contributed by atoms with Crippen molar-refractivity contribution in [1.29, 1.82) is 0 Å². The van der Waals surface area contributed by atoms with E-state index in [0.29, 0.717) is 17.5 Å². The standard InChI is InChI=1S/C21H23NO5.BrH/c1-11(23)25-16-6-4-13-10-15-14-5-7-17(26-12(2)24)20-21(14,8-9-22(15)3)18(13)19(16)27-20;/h4-7,14-15,17,20H,8-10H2,1-3H3;1H/t14-,15+,17-,20-,21-;/m0./s1. The van der Waals surface area contributed by atoms with Crippen molar-refractivity contribution in [3.63, 3.8) is 0 Å². The molecule has 0 radical (unpaired) electrons. The van der Waals surface area contributed by atoms with E-state index in [2.05, 4.69) is 24.1 Å². The van der Waals surface area contributed by atoms with Crippen LogP contribution in [0.3, 0.4) is 0 Å². The first-order chi connectivity index (χ1) is 12.9. The molecule has 1 saturated heterocycles. The lowest BCUT2D eigenvalue weighted by Crippen LogP contribution is -2.65. The zero-order chi connectivity index (χ0) is 18.9. The zero-order valence-corrected chi connectivity index (χ0v) is 17.8. The Bertz CT molecular complexity index is 884. The number of esters is 2. The van der Waals surface area contributed by atoms with E-state index in [1.165, 1.54) is 19.4 Å². The highest BCUT2D eigenvalue weighted by atomic mass is 79.9. The van der Waals surface area contributed by atoms with Gasteiger partial charge in [0.25, 0.3) is 0 Å². The van der Waals surface area contributed by atoms with Crippen LogP contribution in [-0.4, -0.2) is 48.7 Å². The number of ether oxygens (including phenoxy) is 3. The Labute approximate surface area is 174 Å². The van der Waals surface area contributed by atoms with E-state index in [9.17, 15) is 9.59 Å². The van der Waals surface area contributed by atoms with Gasteiger partial charge in [-0.15, -0.1) is 17.0 Å². The Kier molecular flexibility index (Phi) is 4.58. The predicted molar refractivity (Wildman–Crippen MR) is 107 cm³/mol. The number of nitrogens with zero attached hydrogens (tertiary/aromatic N) is 1. The summed E-state index contributed by atoms with van der Waals surface area (Å²) in [6, 6.07) is 4.28. The zero-order valence-electron chi connectivity index (χ0n) is 16.1. The summed E-state index contributed by atoms with van der Waals surface area (Å²) in [7, 11) is 2.17. The summed E-state index contributed by atoms with van der Waals surface area (Å²) in [6.07, 6.45) is 5.31. The number of benzene rings is 1. The molecule has 28 heavy (non-hydrogen) atoms. The SMILES string of the molecule is Br.CC(=O)Oc1ccc2c3c1O[C@H]1[C@@H](OC(C)=O)C=C[C@H]4[C@@H](C2)N(C)CC[C@@]341. The van der Waals surface area contributed by atoms with E-state index in [4.69, 9.17) is 14.2 Å². The lowest BCUT2D eigenvalue weighted by molar-refractivity contribution is -0.152. The van der Waals surface area contributed by atoms with Crippen LogP contribution in [0.1, 0.15) is 31.4 Å². The first kappa shape index (κ1) is 19.5. The fourth-order valence-corrected chi connectivity index (χ4v) is 5.74. The Morgan fingerprint density at radius 3 is 2.71 bits per heavy atom. The molecular weight excluding hydrogens is 426 g/mol. The molecule has 0 unspecified atom stereocenters. The summed E-state index contributed by atoms with van der Waals surface area (Å²) in [5.41, 5.74) is 2.15. The van der Waals surface area contributed by atoms with Crippen LogP contribution in [-0.2, 0) is 26.2 Å². The second-order valence-corrected chi connectivity index (χ2v) is 8.09. The van der Waals surface area contributed by atoms with Crippen molar-refractivity contribution < 1.29 is 23.8 Å². The summed E-state index contributed by atoms with van der Waals surface area (Å²) < 4.78 is 17.5. The van der Waals surface area contributed by atoms with Gasteiger partial charge in [0.05, 0.1) is 0 Å². The fraction of sp³-hybridized carbons (Fsp3) is 0.524. The molecule has 5 rings (SSSR count). The van der Waals surface area contributed by atoms with Crippen LogP contribution in [0, 0.1) is 5.92 Å². The second-order valence-electron chi connectivity index (χ2n) is 8.09. The van der Waals surface area contributed by atoms with Gasteiger partial charge in [-0.05, 0) is 44.1 Å². The summed E-state index contributed by atoms with van der Waals surface area (Å²) in [4.78, 5) is 25.7. The van der Waals surface area contributed by atoms with Crippen molar-refractivity contribution in [2.24, 2.45) is 5.92 Å². The van der Waals surface area contributed by atoms with Crippen LogP contribution in [0.25, 0.3) is 0 Å². The van der Waals surface area contributed by atoms with Crippen molar-refractivity contribution in [3.8, 4) is 11.5 Å². The van der Waals surface area contributed by atoms with Gasteiger partial charge in [-0.1, -0.05) is 12.1 Å². The molecule has 2 heterocycles. The van der Waals surface area contributed by atoms with Gasteiger partial charge in [-0.2, -0.15) is 0 Å². The van der Waals surface area contributed by atoms with E-state index < -0.39 is 6.10 Å². The molecular formula is C21H24BrNO5. The third-order valence-electron chi connectivity index (χ3n) is 6.67. The second kappa shape index (κ2) is 6.59. The van der Waals surface area contributed by atoms with E-state index in [0.717, 1.165) is 24.9 Å². The molecule has 1 aromatic carbocycles. The lowest BCUT2D eigenvalue weighted by atomic mass is 9.53. The number of likely N-dealkylation sites (N-methyl/N-ethyl adjacent to an activating group) is 1. The van der Waals surface area contributed by atoms with Crippen LogP contribution < -0.4 is 9.47 Å². The molecule has 0 N–H and O–H groups in total. The van der Waals surface area contributed by atoms with Gasteiger partial charge >= 0.3 is 11.9 Å². The van der Waals surface area contributed by atoms with E-state index >= 15 is 0 Å². The van der Waals surface area contributed by atoms with Crippen molar-refractivity contribution in [2.45, 2.75) is 50.4 Å². The maximum absolute atomic E-state index is 11.7. The highest BCUT2D eigenvalue weighted by molar-refractivity contribution is 8.93. The smallest absolute Gasteiger partial charge is 0.308 e. The minimum Gasteiger partial charge on any atom is -0.481 e. The van der Waals surface area contributed by atoms with Crippen molar-refractivity contribution in [2.75, 3.05) is 13.6 Å². The van der Waals surface area contributed by atoms with Crippen LogP contribution in [0.15, 0.2) is 24.3 Å². The minimum absolute atomic E-state index is 0. The topological polar surface area (TPSA) is 65.1 Å². The molecule has 5 atom stereocenters. The maximum Gasteiger partial charge on any atom is 0.308 e. The lowest BCUT2D eigenvalue weighted by Gasteiger charge is -2.56. The monoisotopic (exact) mass is 449 g/mol. The van der Waals surface area contributed by atoms with Crippen LogP contribution >= 0.6 is 17.0 Å². The van der Waals surface area contributed by atoms with Crippen LogP contribution in [0.4, 0.5) is 0 Å². The Morgan fingerprint density at radius 1 is 1.21 bits per heavy atom. The number of halogens is 1. The Balaban J connectivity index is 0.00000192. The third-order valence-corrected chi connectivity index (χ3v) is 6.67. The molecule has 4 aliphatic rings. The van der Waals surface area contributed by atoms with Gasteiger partial charge in [0, 0.05) is 36.8 Å². The summed E-state index contributed by atoms with van der Waals surface area (Å²) in [5, 5.41) is 0. The van der Waals surface area contributed by atoms with Gasteiger partial charge in [0.15, 0.2) is 17.6 Å². The Morgan fingerprint density at radius 2 is 2.00 bits per heavy atom. The predicted octanol–water partition coefficient (Wildman–Crippen LogP) is 2.57. The van der Waals surface area contributed by atoms with E-state index in [1.54, 1.807) is 0 Å². The Hall–Kier alpha value is -1.86. The van der Waals surface area contributed by atoms with E-state index in [-0.39, 0.29) is 46.4 Å². The van der Waals surface area contributed by atoms with Gasteiger partial charge in [-0.25, -0.2) is 0 Å². The number of carbonyl (C=O) groups excluding carboxylic acids is 2. The largest absolute Gasteiger partial charge is 0.481 e. The van der Waals surface area contributed by atoms with Crippen molar-refractivity contribution >= 4 is 28.9 Å². The average molecular weight is 450 g/mol. The number of hydrogen-bond acceptors (Lipinski definition) is 6. The molecule has 0 amide bonds. The molecule has 0 saturated carbocycles. The number of likely N-dealkylation sites (tertiary alicyclic amines) is 1. The maximum atomic E-state index is 11.7. The van der Waals surface area contributed by atoms with Crippen LogP contribution in [0.5, 0.6) is 11.5 Å². The molecule has 2 aliphatic carbocycles. The van der Waals surface area contributed by atoms with Gasteiger partial charge in [0.1, 0.15) is 6.10 Å².